The van der Waals surface area contributed by atoms with Gasteiger partial charge in [-0.1, -0.05) is 32.9 Å². The lowest BCUT2D eigenvalue weighted by Gasteiger charge is -2.12. The molecular weight excluding hydrogens is 272 g/mol. The smallest absolute Gasteiger partial charge is 0.258 e. The molecule has 2 heterocycles. The van der Waals surface area contributed by atoms with Gasteiger partial charge in [-0.3, -0.25) is 4.79 Å². The minimum Gasteiger partial charge on any atom is -0.359 e. The number of carbonyl (C=O) groups is 1. The minimum atomic E-state index is -0.125. The molecule has 108 valence electrons. The summed E-state index contributed by atoms with van der Waals surface area (Å²) in [4.78, 5) is 13.5. The van der Waals surface area contributed by atoms with E-state index in [-0.39, 0.29) is 11.3 Å². The van der Waals surface area contributed by atoms with Gasteiger partial charge in [-0.25, -0.2) is 0 Å². The second-order valence-electron chi connectivity index (χ2n) is 5.82. The SMILES string of the molecule is CCc1c(C(=O)Nc2cc(C(C)(C)C)on2)csc1C. The van der Waals surface area contributed by atoms with Gasteiger partial charge in [0.1, 0.15) is 5.76 Å². The Hall–Kier alpha value is -1.62. The van der Waals surface area contributed by atoms with E-state index < -0.39 is 0 Å². The Balaban J connectivity index is 2.18. The second-order valence-corrected chi connectivity index (χ2v) is 6.90. The molecule has 0 atom stereocenters. The van der Waals surface area contributed by atoms with Crippen LogP contribution in [0.2, 0.25) is 0 Å². The van der Waals surface area contributed by atoms with Crippen molar-refractivity contribution >= 4 is 23.1 Å². The Morgan fingerprint density at radius 3 is 2.70 bits per heavy atom. The van der Waals surface area contributed by atoms with E-state index >= 15 is 0 Å². The number of rotatable bonds is 3. The highest BCUT2D eigenvalue weighted by molar-refractivity contribution is 7.10. The van der Waals surface area contributed by atoms with E-state index in [2.05, 4.69) is 17.4 Å². The third-order valence-corrected chi connectivity index (χ3v) is 4.15. The zero-order valence-electron chi connectivity index (χ0n) is 12.5. The molecule has 0 aliphatic carbocycles. The second kappa shape index (κ2) is 5.40. The predicted octanol–water partition coefficient (Wildman–Crippen LogP) is 4.16. The summed E-state index contributed by atoms with van der Waals surface area (Å²) in [6, 6.07) is 1.78. The zero-order chi connectivity index (χ0) is 14.9. The number of nitrogens with one attached hydrogen (secondary N) is 1. The maximum atomic E-state index is 12.3. The Morgan fingerprint density at radius 1 is 1.45 bits per heavy atom. The fourth-order valence-electron chi connectivity index (χ4n) is 1.98. The fourth-order valence-corrected chi connectivity index (χ4v) is 2.92. The van der Waals surface area contributed by atoms with Crippen LogP contribution in [0.3, 0.4) is 0 Å². The number of hydrogen-bond donors (Lipinski definition) is 1. The molecule has 0 spiro atoms. The first-order valence-electron chi connectivity index (χ1n) is 6.68. The number of aromatic nitrogens is 1. The average Bonchev–Trinajstić information content (AvgIpc) is 2.94. The Morgan fingerprint density at radius 2 is 2.15 bits per heavy atom. The van der Waals surface area contributed by atoms with E-state index in [1.54, 1.807) is 17.4 Å². The van der Waals surface area contributed by atoms with Crippen molar-refractivity contribution in [2.75, 3.05) is 5.32 Å². The number of carbonyl (C=O) groups excluding carboxylic acids is 1. The maximum Gasteiger partial charge on any atom is 0.258 e. The molecule has 4 nitrogen and oxygen atoms in total. The Bertz CT molecular complexity index is 620. The fraction of sp³-hybridized carbons (Fsp3) is 0.467. The molecule has 0 radical (unpaired) electrons. The van der Waals surface area contributed by atoms with E-state index in [0.29, 0.717) is 5.82 Å². The van der Waals surface area contributed by atoms with Crippen molar-refractivity contribution in [3.8, 4) is 0 Å². The van der Waals surface area contributed by atoms with E-state index in [4.69, 9.17) is 4.52 Å². The number of aryl methyl sites for hydroxylation is 1. The molecule has 1 N–H and O–H groups in total. The highest BCUT2D eigenvalue weighted by Gasteiger charge is 2.21. The van der Waals surface area contributed by atoms with Gasteiger partial charge >= 0.3 is 0 Å². The highest BCUT2D eigenvalue weighted by Crippen LogP contribution is 2.26. The van der Waals surface area contributed by atoms with Crippen LogP contribution in [-0.2, 0) is 11.8 Å². The van der Waals surface area contributed by atoms with E-state index in [9.17, 15) is 4.79 Å². The molecule has 0 bridgehead atoms. The summed E-state index contributed by atoms with van der Waals surface area (Å²) in [5.74, 6) is 1.09. The van der Waals surface area contributed by atoms with Crippen LogP contribution in [0.1, 0.15) is 54.3 Å². The first-order chi connectivity index (χ1) is 9.32. The van der Waals surface area contributed by atoms with Gasteiger partial charge in [-0.05, 0) is 18.9 Å². The van der Waals surface area contributed by atoms with Gasteiger partial charge in [-0.15, -0.1) is 11.3 Å². The molecule has 2 aromatic heterocycles. The normalized spacial score (nSPS) is 11.7. The summed E-state index contributed by atoms with van der Waals surface area (Å²) in [7, 11) is 0. The van der Waals surface area contributed by atoms with Crippen LogP contribution in [0.25, 0.3) is 0 Å². The summed E-state index contributed by atoms with van der Waals surface area (Å²) in [5.41, 5.74) is 1.71. The van der Waals surface area contributed by atoms with Crippen molar-refractivity contribution in [2.24, 2.45) is 0 Å². The molecule has 5 heteroatoms. The van der Waals surface area contributed by atoms with Crippen LogP contribution in [0.15, 0.2) is 16.0 Å². The van der Waals surface area contributed by atoms with Crippen LogP contribution < -0.4 is 5.32 Å². The lowest BCUT2D eigenvalue weighted by Crippen LogP contribution is -2.13. The summed E-state index contributed by atoms with van der Waals surface area (Å²) < 4.78 is 5.27. The summed E-state index contributed by atoms with van der Waals surface area (Å²) >= 11 is 1.60. The Labute approximate surface area is 123 Å². The van der Waals surface area contributed by atoms with E-state index in [1.807, 2.05) is 33.1 Å². The predicted molar refractivity (Wildman–Crippen MR) is 81.6 cm³/mol. The van der Waals surface area contributed by atoms with Crippen molar-refractivity contribution < 1.29 is 9.32 Å². The minimum absolute atomic E-state index is 0.122. The molecule has 20 heavy (non-hydrogen) atoms. The van der Waals surface area contributed by atoms with E-state index in [1.165, 1.54) is 4.88 Å². The van der Waals surface area contributed by atoms with Crippen LogP contribution in [0.5, 0.6) is 0 Å². The van der Waals surface area contributed by atoms with Gasteiger partial charge in [0.05, 0.1) is 5.56 Å². The van der Waals surface area contributed by atoms with Gasteiger partial charge in [0, 0.05) is 21.7 Å². The highest BCUT2D eigenvalue weighted by atomic mass is 32.1. The molecule has 0 unspecified atom stereocenters. The topological polar surface area (TPSA) is 55.1 Å². The van der Waals surface area contributed by atoms with Gasteiger partial charge < -0.3 is 9.84 Å². The van der Waals surface area contributed by atoms with Crippen LogP contribution in [0.4, 0.5) is 5.82 Å². The molecule has 0 aliphatic heterocycles. The van der Waals surface area contributed by atoms with Gasteiger partial charge in [-0.2, -0.15) is 0 Å². The van der Waals surface area contributed by atoms with Crippen molar-refractivity contribution in [1.29, 1.82) is 0 Å². The van der Waals surface area contributed by atoms with Gasteiger partial charge in [0.2, 0.25) is 0 Å². The Kier molecular flexibility index (Phi) is 3.99. The summed E-state index contributed by atoms with van der Waals surface area (Å²) in [6.45, 7) is 10.2. The third-order valence-electron chi connectivity index (χ3n) is 3.19. The molecule has 0 saturated carbocycles. The lowest BCUT2D eigenvalue weighted by molar-refractivity contribution is 0.102. The van der Waals surface area contributed by atoms with Crippen molar-refractivity contribution in [3.05, 3.63) is 33.2 Å². The number of amides is 1. The van der Waals surface area contributed by atoms with Crippen LogP contribution in [-0.4, -0.2) is 11.1 Å². The summed E-state index contributed by atoms with van der Waals surface area (Å²) in [6.07, 6.45) is 0.851. The van der Waals surface area contributed by atoms with Gasteiger partial charge in [0.15, 0.2) is 5.82 Å². The first kappa shape index (κ1) is 14.8. The largest absolute Gasteiger partial charge is 0.359 e. The zero-order valence-corrected chi connectivity index (χ0v) is 13.4. The molecule has 0 aromatic carbocycles. The van der Waals surface area contributed by atoms with Crippen LogP contribution in [0, 0.1) is 6.92 Å². The summed E-state index contributed by atoms with van der Waals surface area (Å²) in [5, 5.41) is 8.61. The van der Waals surface area contributed by atoms with E-state index in [0.717, 1.165) is 23.3 Å². The standard InChI is InChI=1S/C15H20N2O2S/c1-6-10-9(2)20-8-11(10)14(18)16-13-7-12(19-17-13)15(3,4)5/h7-8H,6H2,1-5H3,(H,16,17,18). The van der Waals surface area contributed by atoms with Crippen LogP contribution >= 0.6 is 11.3 Å². The molecule has 0 fully saturated rings. The lowest BCUT2D eigenvalue weighted by atomic mass is 9.93. The molecule has 2 rings (SSSR count). The molecule has 0 aliphatic rings. The maximum absolute atomic E-state index is 12.3. The molecular formula is C15H20N2O2S. The number of hydrogen-bond acceptors (Lipinski definition) is 4. The number of anilines is 1. The quantitative estimate of drug-likeness (QED) is 0.924. The average molecular weight is 292 g/mol. The van der Waals surface area contributed by atoms with Crippen molar-refractivity contribution in [3.63, 3.8) is 0 Å². The van der Waals surface area contributed by atoms with Crippen molar-refractivity contribution in [2.45, 2.75) is 46.5 Å². The monoisotopic (exact) mass is 292 g/mol. The first-order valence-corrected chi connectivity index (χ1v) is 7.56. The van der Waals surface area contributed by atoms with Crippen molar-refractivity contribution in [1.82, 2.24) is 5.16 Å². The number of thiophene rings is 1. The van der Waals surface area contributed by atoms with Gasteiger partial charge in [0.25, 0.3) is 5.91 Å². The molecule has 2 aromatic rings. The molecule has 0 saturated heterocycles. The number of nitrogens with zero attached hydrogens (tertiary/aromatic N) is 1. The molecule has 1 amide bonds. The third kappa shape index (κ3) is 2.93.